The predicted molar refractivity (Wildman–Crippen MR) is 62.5 cm³/mol. The number of hydrogen-bond donors (Lipinski definition) is 2. The molecular weight excluding hydrogens is 210 g/mol. The molecular formula is C12H16ClNO. The molecule has 0 aromatic heterocycles. The molecule has 0 saturated heterocycles. The maximum absolute atomic E-state index is 10.1. The van der Waals surface area contributed by atoms with E-state index in [9.17, 15) is 5.11 Å². The molecule has 1 aromatic carbocycles. The Labute approximate surface area is 95.1 Å². The molecule has 1 aliphatic rings. The van der Waals surface area contributed by atoms with Gasteiger partial charge in [0.1, 0.15) is 5.75 Å². The number of hydrogen-bond acceptors (Lipinski definition) is 2. The molecule has 1 fully saturated rings. The predicted octanol–water partition coefficient (Wildman–Crippen LogP) is 2.60. The van der Waals surface area contributed by atoms with Crippen molar-refractivity contribution in [1.82, 2.24) is 0 Å². The molecule has 15 heavy (non-hydrogen) atoms. The van der Waals surface area contributed by atoms with Crippen molar-refractivity contribution in [3.8, 4) is 5.75 Å². The van der Waals surface area contributed by atoms with Gasteiger partial charge < -0.3 is 10.8 Å². The van der Waals surface area contributed by atoms with E-state index in [1.165, 1.54) is 0 Å². The quantitative estimate of drug-likeness (QED) is 0.831. The fourth-order valence-electron chi connectivity index (χ4n) is 2.06. The van der Waals surface area contributed by atoms with Crippen LogP contribution < -0.4 is 5.73 Å². The Bertz CT molecular complexity index is 385. The number of phenols is 1. The van der Waals surface area contributed by atoms with Gasteiger partial charge in [-0.3, -0.25) is 0 Å². The van der Waals surface area contributed by atoms with Crippen molar-refractivity contribution in [1.29, 1.82) is 0 Å². The van der Waals surface area contributed by atoms with Crippen LogP contribution in [0.1, 0.15) is 30.9 Å². The average Bonchev–Trinajstić information content (AvgIpc) is 3.01. The van der Waals surface area contributed by atoms with Crippen LogP contribution in [-0.2, 0) is 11.8 Å². The second-order valence-electron chi connectivity index (χ2n) is 4.30. The normalized spacial score (nSPS) is 17.8. The summed E-state index contributed by atoms with van der Waals surface area (Å²) in [5.41, 5.74) is 7.61. The van der Waals surface area contributed by atoms with E-state index in [1.54, 1.807) is 0 Å². The van der Waals surface area contributed by atoms with E-state index in [2.05, 4.69) is 0 Å². The standard InChI is InChI=1S/C12H16ClNO/c1-2-8-5-9(13)6-10(11(8)15)12(7-14)3-4-12/h5-6,15H,2-4,7,14H2,1H3. The van der Waals surface area contributed by atoms with Gasteiger partial charge in [0, 0.05) is 22.5 Å². The van der Waals surface area contributed by atoms with Crippen LogP contribution in [0.2, 0.25) is 5.02 Å². The van der Waals surface area contributed by atoms with Crippen LogP contribution >= 0.6 is 11.6 Å². The summed E-state index contributed by atoms with van der Waals surface area (Å²) < 4.78 is 0. The Morgan fingerprint density at radius 3 is 2.60 bits per heavy atom. The number of nitrogens with two attached hydrogens (primary N) is 1. The number of phenolic OH excluding ortho intramolecular Hbond substituents is 1. The van der Waals surface area contributed by atoms with E-state index in [1.807, 2.05) is 19.1 Å². The van der Waals surface area contributed by atoms with E-state index in [4.69, 9.17) is 17.3 Å². The van der Waals surface area contributed by atoms with Gasteiger partial charge in [0.05, 0.1) is 0 Å². The van der Waals surface area contributed by atoms with Gasteiger partial charge >= 0.3 is 0 Å². The third-order valence-corrected chi connectivity index (χ3v) is 3.57. The summed E-state index contributed by atoms with van der Waals surface area (Å²) in [5.74, 6) is 0.393. The van der Waals surface area contributed by atoms with Crippen LogP contribution in [0.25, 0.3) is 0 Å². The summed E-state index contributed by atoms with van der Waals surface area (Å²) in [7, 11) is 0. The van der Waals surface area contributed by atoms with Crippen molar-refractivity contribution in [2.45, 2.75) is 31.6 Å². The van der Waals surface area contributed by atoms with Gasteiger partial charge in [0.2, 0.25) is 0 Å². The van der Waals surface area contributed by atoms with E-state index in [0.29, 0.717) is 17.3 Å². The monoisotopic (exact) mass is 225 g/mol. The van der Waals surface area contributed by atoms with Crippen molar-refractivity contribution in [2.24, 2.45) is 5.73 Å². The molecule has 1 aromatic rings. The van der Waals surface area contributed by atoms with Crippen LogP contribution in [0.4, 0.5) is 0 Å². The second-order valence-corrected chi connectivity index (χ2v) is 4.74. The lowest BCUT2D eigenvalue weighted by Crippen LogP contribution is -2.20. The van der Waals surface area contributed by atoms with Crippen LogP contribution in [0.15, 0.2) is 12.1 Å². The Kier molecular flexibility index (Phi) is 2.65. The van der Waals surface area contributed by atoms with Gasteiger partial charge in [-0.2, -0.15) is 0 Å². The highest BCUT2D eigenvalue weighted by Gasteiger charge is 2.45. The SMILES string of the molecule is CCc1cc(Cl)cc(C2(CN)CC2)c1O. The van der Waals surface area contributed by atoms with Crippen molar-refractivity contribution < 1.29 is 5.11 Å². The molecule has 3 heteroatoms. The molecule has 1 saturated carbocycles. The minimum absolute atomic E-state index is 0.00109. The molecule has 0 bridgehead atoms. The third-order valence-electron chi connectivity index (χ3n) is 3.35. The van der Waals surface area contributed by atoms with Crippen molar-refractivity contribution in [2.75, 3.05) is 6.54 Å². The first-order valence-corrected chi connectivity index (χ1v) is 5.72. The number of halogens is 1. The largest absolute Gasteiger partial charge is 0.507 e. The Balaban J connectivity index is 2.51. The molecule has 0 unspecified atom stereocenters. The first-order valence-electron chi connectivity index (χ1n) is 5.35. The summed E-state index contributed by atoms with van der Waals surface area (Å²) in [4.78, 5) is 0. The van der Waals surface area contributed by atoms with Gasteiger partial charge in [-0.05, 0) is 37.0 Å². The average molecular weight is 226 g/mol. The molecule has 0 atom stereocenters. The minimum atomic E-state index is -0.00109. The highest BCUT2D eigenvalue weighted by atomic mass is 35.5. The van der Waals surface area contributed by atoms with Crippen LogP contribution in [0.3, 0.4) is 0 Å². The van der Waals surface area contributed by atoms with E-state index < -0.39 is 0 Å². The van der Waals surface area contributed by atoms with Gasteiger partial charge in [-0.25, -0.2) is 0 Å². The third kappa shape index (κ3) is 1.72. The summed E-state index contributed by atoms with van der Waals surface area (Å²) in [6.45, 7) is 2.60. The van der Waals surface area contributed by atoms with Crippen molar-refractivity contribution in [3.05, 3.63) is 28.3 Å². The Morgan fingerprint density at radius 2 is 2.13 bits per heavy atom. The first-order chi connectivity index (χ1) is 7.13. The molecule has 3 N–H and O–H groups in total. The Morgan fingerprint density at radius 1 is 1.47 bits per heavy atom. The molecule has 0 aliphatic heterocycles. The zero-order chi connectivity index (χ0) is 11.1. The summed E-state index contributed by atoms with van der Waals surface area (Å²) >= 11 is 6.04. The fourth-order valence-corrected chi connectivity index (χ4v) is 2.30. The topological polar surface area (TPSA) is 46.2 Å². The number of rotatable bonds is 3. The van der Waals surface area contributed by atoms with Gasteiger partial charge in [0.15, 0.2) is 0 Å². The summed E-state index contributed by atoms with van der Waals surface area (Å²) in [6, 6.07) is 3.68. The fraction of sp³-hybridized carbons (Fsp3) is 0.500. The van der Waals surface area contributed by atoms with E-state index in [0.717, 1.165) is 30.4 Å². The van der Waals surface area contributed by atoms with Crippen molar-refractivity contribution >= 4 is 11.6 Å². The molecule has 2 nitrogen and oxygen atoms in total. The van der Waals surface area contributed by atoms with Gasteiger partial charge in [-0.15, -0.1) is 0 Å². The minimum Gasteiger partial charge on any atom is -0.507 e. The molecule has 2 rings (SSSR count). The smallest absolute Gasteiger partial charge is 0.122 e. The lowest BCUT2D eigenvalue weighted by atomic mass is 9.92. The van der Waals surface area contributed by atoms with Crippen LogP contribution in [0.5, 0.6) is 5.75 Å². The maximum Gasteiger partial charge on any atom is 0.122 e. The van der Waals surface area contributed by atoms with Crippen LogP contribution in [-0.4, -0.2) is 11.7 Å². The molecule has 0 spiro atoms. The molecule has 0 amide bonds. The highest BCUT2D eigenvalue weighted by Crippen LogP contribution is 2.51. The van der Waals surface area contributed by atoms with Crippen molar-refractivity contribution in [3.63, 3.8) is 0 Å². The number of aromatic hydroxyl groups is 1. The zero-order valence-corrected chi connectivity index (χ0v) is 9.64. The molecule has 82 valence electrons. The lowest BCUT2D eigenvalue weighted by Gasteiger charge is -2.17. The van der Waals surface area contributed by atoms with E-state index in [-0.39, 0.29) is 5.41 Å². The van der Waals surface area contributed by atoms with Gasteiger partial charge in [0.25, 0.3) is 0 Å². The Hall–Kier alpha value is -0.730. The molecule has 1 aliphatic carbocycles. The zero-order valence-electron chi connectivity index (χ0n) is 8.89. The van der Waals surface area contributed by atoms with E-state index >= 15 is 0 Å². The molecule has 0 radical (unpaired) electrons. The van der Waals surface area contributed by atoms with Gasteiger partial charge in [-0.1, -0.05) is 18.5 Å². The second kappa shape index (κ2) is 3.69. The summed E-state index contributed by atoms with van der Waals surface area (Å²) in [5, 5.41) is 10.8. The first kappa shape index (κ1) is 10.8. The molecule has 0 heterocycles. The van der Waals surface area contributed by atoms with Crippen LogP contribution in [0, 0.1) is 0 Å². The highest BCUT2D eigenvalue weighted by molar-refractivity contribution is 6.30. The lowest BCUT2D eigenvalue weighted by molar-refractivity contribution is 0.453. The number of aryl methyl sites for hydroxylation is 1. The number of benzene rings is 1. The maximum atomic E-state index is 10.1. The summed E-state index contributed by atoms with van der Waals surface area (Å²) in [6.07, 6.45) is 2.90.